The number of hydrogen-bond donors (Lipinski definition) is 3. The Balaban J connectivity index is 0.000000507. The molecule has 0 bridgehead atoms. The first-order valence-electron chi connectivity index (χ1n) is 5.66. The summed E-state index contributed by atoms with van der Waals surface area (Å²) in [5.41, 5.74) is -0.623. The van der Waals surface area contributed by atoms with Crippen LogP contribution in [0.15, 0.2) is 23.1 Å². The number of benzene rings is 1. The van der Waals surface area contributed by atoms with Crippen molar-refractivity contribution in [3.8, 4) is 5.75 Å². The Bertz CT molecular complexity index is 544. The topological polar surface area (TPSA) is 163 Å². The van der Waals surface area contributed by atoms with Crippen LogP contribution in [0.25, 0.3) is 0 Å². The van der Waals surface area contributed by atoms with Gasteiger partial charge in [0.15, 0.2) is 0 Å². The first-order chi connectivity index (χ1) is 8.82. The molecule has 0 unspecified atom stereocenters. The predicted octanol–water partition coefficient (Wildman–Crippen LogP) is -1.49. The van der Waals surface area contributed by atoms with Gasteiger partial charge in [0.2, 0.25) is 0 Å². The van der Waals surface area contributed by atoms with Crippen molar-refractivity contribution in [1.29, 1.82) is 0 Å². The zero-order valence-electron chi connectivity index (χ0n) is 10.6. The molecule has 9 heteroatoms. The normalized spacial score (nSPS) is 13.8. The number of phenols is 1. The summed E-state index contributed by atoms with van der Waals surface area (Å²) in [4.78, 5) is 9.76. The molecule has 8 nitrogen and oxygen atoms in total. The molecule has 1 aliphatic rings. The van der Waals surface area contributed by atoms with Crippen molar-refractivity contribution >= 4 is 16.1 Å². The third kappa shape index (κ3) is 5.53. The van der Waals surface area contributed by atoms with E-state index in [9.17, 15) is 17.8 Å². The summed E-state index contributed by atoms with van der Waals surface area (Å²) in [7, 11) is -4.70. The van der Waals surface area contributed by atoms with Crippen LogP contribution in [0.2, 0.25) is 0 Å². The lowest BCUT2D eigenvalue weighted by Crippen LogP contribution is -2.80. The predicted molar refractivity (Wildman–Crippen MR) is 67.5 cm³/mol. The first-order valence-corrected chi connectivity index (χ1v) is 7.07. The minimum Gasteiger partial charge on any atom is -0.744 e. The van der Waals surface area contributed by atoms with Crippen LogP contribution in [0.5, 0.6) is 5.75 Å². The van der Waals surface area contributed by atoms with Crippen molar-refractivity contribution in [3.05, 3.63) is 23.8 Å². The van der Waals surface area contributed by atoms with Gasteiger partial charge in [0, 0.05) is 12.8 Å². The van der Waals surface area contributed by atoms with Gasteiger partial charge >= 0.3 is 5.97 Å². The monoisotopic (exact) mass is 307 g/mol. The highest BCUT2D eigenvalue weighted by Crippen LogP contribution is 2.20. The molecule has 0 radical (unpaired) electrons. The van der Waals surface area contributed by atoms with Gasteiger partial charge in [-0.25, -0.2) is 13.2 Å². The summed E-state index contributed by atoms with van der Waals surface area (Å²) in [5, 5.41) is 19.9. The minimum atomic E-state index is -4.70. The zero-order chi connectivity index (χ0) is 14.5. The van der Waals surface area contributed by atoms with Crippen LogP contribution < -0.4 is 5.32 Å². The number of aromatic hydroxyl groups is 1. The molecule has 0 saturated carbocycles. The molecule has 0 aliphatic carbocycles. The van der Waals surface area contributed by atoms with Crippen molar-refractivity contribution in [2.45, 2.75) is 17.7 Å². The van der Waals surface area contributed by atoms with E-state index >= 15 is 0 Å². The van der Waals surface area contributed by atoms with Crippen molar-refractivity contribution in [3.63, 3.8) is 0 Å². The minimum absolute atomic E-state index is 0. The Labute approximate surface area is 116 Å². The van der Waals surface area contributed by atoms with Crippen LogP contribution in [0, 0.1) is 0 Å². The molecular formula is C11H17NO7S. The lowest BCUT2D eigenvalue weighted by atomic mass is 10.2. The highest BCUT2D eigenvalue weighted by molar-refractivity contribution is 7.85. The van der Waals surface area contributed by atoms with Crippen LogP contribution in [-0.4, -0.2) is 47.7 Å². The molecular weight excluding hydrogens is 290 g/mol. The fourth-order valence-corrected chi connectivity index (χ4v) is 2.06. The molecule has 2 rings (SSSR count). The summed E-state index contributed by atoms with van der Waals surface area (Å²) in [6, 6.07) is 2.29. The van der Waals surface area contributed by atoms with Gasteiger partial charge in [0.25, 0.3) is 0 Å². The van der Waals surface area contributed by atoms with Gasteiger partial charge in [-0.15, -0.1) is 0 Å². The van der Waals surface area contributed by atoms with E-state index in [1.807, 2.05) is 0 Å². The van der Waals surface area contributed by atoms with Gasteiger partial charge in [0.05, 0.1) is 18.0 Å². The fourth-order valence-electron chi connectivity index (χ4n) is 1.56. The van der Waals surface area contributed by atoms with Crippen molar-refractivity contribution in [2.75, 3.05) is 13.1 Å². The van der Waals surface area contributed by atoms with Crippen molar-refractivity contribution < 1.29 is 38.8 Å². The van der Waals surface area contributed by atoms with Gasteiger partial charge in [-0.3, -0.25) is 0 Å². The molecule has 20 heavy (non-hydrogen) atoms. The number of hydrogen-bond acceptors (Lipinski definition) is 5. The molecule has 0 atom stereocenters. The standard InChI is InChI=1S/C7H6O6S.C4H9N.H2O/c8-6-2-1-4(14(11,12)13)3-5(6)7(9)10;1-2-4-5-3-1;/h1-3,8H,(H,9,10)(H,11,12,13);5H,1-4H2;1H2. The maximum Gasteiger partial charge on any atom is 0.339 e. The van der Waals surface area contributed by atoms with E-state index in [2.05, 4.69) is 5.32 Å². The molecule has 1 fully saturated rings. The van der Waals surface area contributed by atoms with E-state index in [1.54, 1.807) is 0 Å². The number of nitrogens with two attached hydrogens (primary N) is 1. The van der Waals surface area contributed by atoms with Crippen molar-refractivity contribution in [2.24, 2.45) is 0 Å². The van der Waals surface area contributed by atoms with E-state index in [0.717, 1.165) is 12.1 Å². The van der Waals surface area contributed by atoms with E-state index in [-0.39, 0.29) is 5.48 Å². The van der Waals surface area contributed by atoms with Gasteiger partial charge in [-0.1, -0.05) is 0 Å². The zero-order valence-corrected chi connectivity index (χ0v) is 11.4. The highest BCUT2D eigenvalue weighted by Gasteiger charge is 2.12. The number of quaternary nitrogens is 1. The number of carboxylic acids is 1. The van der Waals surface area contributed by atoms with E-state index in [0.29, 0.717) is 6.07 Å². The second-order valence-electron chi connectivity index (χ2n) is 4.01. The molecule has 114 valence electrons. The second-order valence-corrected chi connectivity index (χ2v) is 5.39. The lowest BCUT2D eigenvalue weighted by molar-refractivity contribution is -0.635. The smallest absolute Gasteiger partial charge is 0.339 e. The Morgan fingerprint density at radius 1 is 1.25 bits per heavy atom. The molecule has 1 saturated heterocycles. The highest BCUT2D eigenvalue weighted by atomic mass is 32.2. The van der Waals surface area contributed by atoms with Gasteiger partial charge in [0.1, 0.15) is 21.4 Å². The number of carbonyl (C=O) groups is 1. The molecule has 0 spiro atoms. The summed E-state index contributed by atoms with van der Waals surface area (Å²) in [6.45, 7) is 2.75. The third-order valence-corrected chi connectivity index (χ3v) is 3.38. The van der Waals surface area contributed by atoms with Gasteiger partial charge < -0.3 is 25.6 Å². The summed E-state index contributed by atoms with van der Waals surface area (Å²) in [6.07, 6.45) is 2.89. The van der Waals surface area contributed by atoms with Crippen LogP contribution >= 0.6 is 0 Å². The van der Waals surface area contributed by atoms with E-state index in [1.165, 1.54) is 25.9 Å². The SMILES string of the molecule is C1CC[NH2+]C1.O.O=C(O)c1cc(S(=O)(=O)[O-])ccc1O. The second kappa shape index (κ2) is 7.80. The van der Waals surface area contributed by atoms with Crippen LogP contribution in [0.1, 0.15) is 23.2 Å². The molecule has 6 N–H and O–H groups in total. The molecule has 1 aromatic carbocycles. The summed E-state index contributed by atoms with van der Waals surface area (Å²) >= 11 is 0. The average Bonchev–Trinajstić information content (AvgIpc) is 2.86. The lowest BCUT2D eigenvalue weighted by Gasteiger charge is -2.08. The molecule has 1 heterocycles. The van der Waals surface area contributed by atoms with Crippen molar-refractivity contribution in [1.82, 2.24) is 0 Å². The average molecular weight is 307 g/mol. The number of aromatic carboxylic acids is 1. The van der Waals surface area contributed by atoms with Crippen LogP contribution in [-0.2, 0) is 10.1 Å². The quantitative estimate of drug-likeness (QED) is 0.564. The Kier molecular flexibility index (Phi) is 7.14. The molecule has 0 amide bonds. The Morgan fingerprint density at radius 2 is 1.80 bits per heavy atom. The Morgan fingerprint density at radius 3 is 2.15 bits per heavy atom. The third-order valence-electron chi connectivity index (χ3n) is 2.55. The van der Waals surface area contributed by atoms with Crippen LogP contribution in [0.3, 0.4) is 0 Å². The maximum absolute atomic E-state index is 10.5. The Hall–Kier alpha value is -1.68. The first kappa shape index (κ1) is 18.3. The largest absolute Gasteiger partial charge is 0.744 e. The van der Waals surface area contributed by atoms with Gasteiger partial charge in [-0.2, -0.15) is 0 Å². The van der Waals surface area contributed by atoms with Gasteiger partial charge in [-0.05, 0) is 18.2 Å². The molecule has 1 aromatic rings. The number of carboxylic acid groups (broad SMARTS) is 1. The molecule has 1 aliphatic heterocycles. The van der Waals surface area contributed by atoms with E-state index in [4.69, 9.17) is 10.2 Å². The fraction of sp³-hybridized carbons (Fsp3) is 0.364. The number of rotatable bonds is 2. The maximum atomic E-state index is 10.5. The van der Waals surface area contributed by atoms with Crippen LogP contribution in [0.4, 0.5) is 0 Å². The van der Waals surface area contributed by atoms with E-state index < -0.39 is 32.3 Å². The molecule has 0 aromatic heterocycles. The summed E-state index contributed by atoms with van der Waals surface area (Å²) in [5.74, 6) is -2.10. The summed E-state index contributed by atoms with van der Waals surface area (Å²) < 4.78 is 31.5.